The van der Waals surface area contributed by atoms with Gasteiger partial charge in [-0.1, -0.05) is 12.1 Å². The van der Waals surface area contributed by atoms with Crippen molar-refractivity contribution in [2.24, 2.45) is 0 Å². The third kappa shape index (κ3) is 2.03. The van der Waals surface area contributed by atoms with Crippen LogP contribution < -0.4 is 4.74 Å². The molecule has 0 fully saturated rings. The van der Waals surface area contributed by atoms with Gasteiger partial charge in [0.2, 0.25) is 5.88 Å². The van der Waals surface area contributed by atoms with Gasteiger partial charge in [-0.15, -0.1) is 11.6 Å². The number of hydrogen-bond donors (Lipinski definition) is 0. The third-order valence-corrected chi connectivity index (χ3v) is 3.27. The summed E-state index contributed by atoms with van der Waals surface area (Å²) in [6, 6.07) is 6.57. The van der Waals surface area contributed by atoms with Crippen molar-refractivity contribution < 1.29 is 9.13 Å². The molecule has 84 valence electrons. The largest absolute Gasteiger partial charge is 0.480 e. The second-order valence-electron chi connectivity index (χ2n) is 3.14. The minimum atomic E-state index is -0.288. The molecular weight excluding hydrogens is 249 g/mol. The van der Waals surface area contributed by atoms with Crippen molar-refractivity contribution in [3.8, 4) is 16.3 Å². The van der Waals surface area contributed by atoms with Gasteiger partial charge < -0.3 is 4.74 Å². The predicted octanol–water partition coefficient (Wildman–Crippen LogP) is 3.70. The molecule has 2 rings (SSSR count). The van der Waals surface area contributed by atoms with Crippen molar-refractivity contribution >= 4 is 23.1 Å². The van der Waals surface area contributed by atoms with Gasteiger partial charge >= 0.3 is 0 Å². The molecule has 2 nitrogen and oxygen atoms in total. The van der Waals surface area contributed by atoms with E-state index >= 15 is 0 Å². The minimum absolute atomic E-state index is 0.271. The average Bonchev–Trinajstić information content (AvgIpc) is 2.76. The Labute approximate surface area is 102 Å². The van der Waals surface area contributed by atoms with Gasteiger partial charge in [0.25, 0.3) is 0 Å². The van der Waals surface area contributed by atoms with E-state index in [0.717, 1.165) is 10.4 Å². The molecule has 16 heavy (non-hydrogen) atoms. The highest BCUT2D eigenvalue weighted by Crippen LogP contribution is 2.33. The van der Waals surface area contributed by atoms with Crippen LogP contribution in [-0.2, 0) is 5.88 Å². The maximum absolute atomic E-state index is 13.7. The Morgan fingerprint density at radius 1 is 1.50 bits per heavy atom. The third-order valence-electron chi connectivity index (χ3n) is 2.19. The first-order valence-corrected chi connectivity index (χ1v) is 5.91. The lowest BCUT2D eigenvalue weighted by Crippen LogP contribution is -1.88. The van der Waals surface area contributed by atoms with E-state index < -0.39 is 0 Å². The van der Waals surface area contributed by atoms with Crippen molar-refractivity contribution in [2.75, 3.05) is 7.11 Å². The fourth-order valence-electron chi connectivity index (χ4n) is 1.43. The fourth-order valence-corrected chi connectivity index (χ4v) is 2.44. The molecule has 0 radical (unpaired) electrons. The smallest absolute Gasteiger partial charge is 0.225 e. The maximum Gasteiger partial charge on any atom is 0.225 e. The van der Waals surface area contributed by atoms with Gasteiger partial charge in [-0.05, 0) is 23.2 Å². The molecule has 0 aliphatic heterocycles. The Kier molecular flexibility index (Phi) is 3.41. The average molecular weight is 258 g/mol. The van der Waals surface area contributed by atoms with Gasteiger partial charge in [0.05, 0.1) is 12.0 Å². The Hall–Kier alpha value is -1.13. The summed E-state index contributed by atoms with van der Waals surface area (Å²) in [5.41, 5.74) is 1.27. The maximum atomic E-state index is 13.7. The molecular formula is C11H9ClFNOS. The zero-order valence-corrected chi connectivity index (χ0v) is 10.1. The zero-order valence-electron chi connectivity index (χ0n) is 8.54. The molecule has 0 amide bonds. The Balaban J connectivity index is 2.53. The highest BCUT2D eigenvalue weighted by molar-refractivity contribution is 7.09. The first-order valence-electron chi connectivity index (χ1n) is 4.60. The summed E-state index contributed by atoms with van der Waals surface area (Å²) in [5, 5.41) is 0. The molecule has 1 heterocycles. The second kappa shape index (κ2) is 4.80. The molecule has 0 saturated heterocycles. The molecule has 0 aliphatic carbocycles. The van der Waals surface area contributed by atoms with Crippen LogP contribution >= 0.6 is 23.1 Å². The molecule has 0 spiro atoms. The van der Waals surface area contributed by atoms with Gasteiger partial charge in [-0.3, -0.25) is 0 Å². The number of aromatic nitrogens is 1. The highest BCUT2D eigenvalue weighted by atomic mass is 35.5. The molecule has 1 aromatic heterocycles. The summed E-state index contributed by atoms with van der Waals surface area (Å²) in [4.78, 5) is 0.727. The fraction of sp³-hybridized carbons (Fsp3) is 0.182. The number of benzene rings is 1. The Bertz CT molecular complexity index is 500. The molecule has 0 saturated carbocycles. The first kappa shape index (κ1) is 11.4. The summed E-state index contributed by atoms with van der Waals surface area (Å²) in [5.74, 6) is 0.473. The van der Waals surface area contributed by atoms with Crippen molar-refractivity contribution in [2.45, 2.75) is 5.88 Å². The molecule has 0 N–H and O–H groups in total. The number of rotatable bonds is 3. The van der Waals surface area contributed by atoms with Gasteiger partial charge in [0.15, 0.2) is 0 Å². The topological polar surface area (TPSA) is 22.1 Å². The van der Waals surface area contributed by atoms with Crippen molar-refractivity contribution in [3.63, 3.8) is 0 Å². The second-order valence-corrected chi connectivity index (χ2v) is 4.21. The van der Waals surface area contributed by atoms with Crippen LogP contribution in [0, 0.1) is 5.82 Å². The zero-order chi connectivity index (χ0) is 11.5. The van der Waals surface area contributed by atoms with Crippen LogP contribution in [0.3, 0.4) is 0 Å². The van der Waals surface area contributed by atoms with E-state index in [1.807, 2.05) is 0 Å². The van der Waals surface area contributed by atoms with Crippen LogP contribution in [0.25, 0.3) is 10.4 Å². The lowest BCUT2D eigenvalue weighted by atomic mass is 10.1. The molecule has 0 atom stereocenters. The van der Waals surface area contributed by atoms with E-state index in [1.165, 1.54) is 24.7 Å². The first-order chi connectivity index (χ1) is 7.76. The summed E-state index contributed by atoms with van der Waals surface area (Å²) in [6.45, 7) is 0. The summed E-state index contributed by atoms with van der Waals surface area (Å²) < 4.78 is 22.7. The lowest BCUT2D eigenvalue weighted by molar-refractivity contribution is 0.403. The van der Waals surface area contributed by atoms with E-state index in [2.05, 4.69) is 4.37 Å². The summed E-state index contributed by atoms with van der Waals surface area (Å²) in [6.07, 6.45) is 0. The van der Waals surface area contributed by atoms with Gasteiger partial charge in [0, 0.05) is 17.5 Å². The van der Waals surface area contributed by atoms with Crippen LogP contribution in [0.4, 0.5) is 4.39 Å². The Morgan fingerprint density at radius 2 is 2.31 bits per heavy atom. The number of halogens is 2. The van der Waals surface area contributed by atoms with E-state index in [-0.39, 0.29) is 11.7 Å². The number of hydrogen-bond acceptors (Lipinski definition) is 3. The summed E-state index contributed by atoms with van der Waals surface area (Å²) in [7, 11) is 1.53. The van der Waals surface area contributed by atoms with Crippen molar-refractivity contribution in [1.82, 2.24) is 4.37 Å². The van der Waals surface area contributed by atoms with E-state index in [1.54, 1.807) is 18.2 Å². The number of methoxy groups -OCH3 is 1. The van der Waals surface area contributed by atoms with Crippen molar-refractivity contribution in [1.29, 1.82) is 0 Å². The SMILES string of the molecule is COc1cc(-c2c(F)cccc2CCl)sn1. The van der Waals surface area contributed by atoms with Crippen LogP contribution in [0.1, 0.15) is 5.56 Å². The normalized spacial score (nSPS) is 10.4. The quantitative estimate of drug-likeness (QED) is 0.783. The highest BCUT2D eigenvalue weighted by Gasteiger charge is 2.13. The van der Waals surface area contributed by atoms with Crippen molar-refractivity contribution in [3.05, 3.63) is 35.6 Å². The molecule has 5 heteroatoms. The minimum Gasteiger partial charge on any atom is -0.480 e. The lowest BCUT2D eigenvalue weighted by Gasteiger charge is -2.04. The van der Waals surface area contributed by atoms with Crippen LogP contribution in [0.2, 0.25) is 0 Å². The van der Waals surface area contributed by atoms with Crippen LogP contribution in [-0.4, -0.2) is 11.5 Å². The molecule has 0 aliphatic rings. The van der Waals surface area contributed by atoms with E-state index in [9.17, 15) is 4.39 Å². The van der Waals surface area contributed by atoms with Gasteiger partial charge in [0.1, 0.15) is 5.82 Å². The standard InChI is InChI=1S/C11H9ClFNOS/c1-15-10-5-9(16-14-10)11-7(6-12)3-2-4-8(11)13/h2-5H,6H2,1H3. The number of nitrogens with zero attached hydrogens (tertiary/aromatic N) is 1. The van der Waals surface area contributed by atoms with E-state index in [0.29, 0.717) is 11.4 Å². The number of ether oxygens (including phenoxy) is 1. The summed E-state index contributed by atoms with van der Waals surface area (Å²) >= 11 is 6.98. The van der Waals surface area contributed by atoms with Crippen LogP contribution in [0.5, 0.6) is 5.88 Å². The van der Waals surface area contributed by atoms with Gasteiger partial charge in [-0.2, -0.15) is 4.37 Å². The Morgan fingerprint density at radius 3 is 2.94 bits per heavy atom. The predicted molar refractivity (Wildman–Crippen MR) is 63.6 cm³/mol. The van der Waals surface area contributed by atoms with Crippen LogP contribution in [0.15, 0.2) is 24.3 Å². The van der Waals surface area contributed by atoms with Gasteiger partial charge in [-0.25, -0.2) is 4.39 Å². The molecule has 0 unspecified atom stereocenters. The molecule has 0 bridgehead atoms. The molecule has 1 aromatic carbocycles. The van der Waals surface area contributed by atoms with E-state index in [4.69, 9.17) is 16.3 Å². The number of alkyl halides is 1. The monoisotopic (exact) mass is 257 g/mol. The molecule has 2 aromatic rings.